The summed E-state index contributed by atoms with van der Waals surface area (Å²) in [6, 6.07) is 8.94. The zero-order chi connectivity index (χ0) is 18.4. The number of piperidine rings is 1. The average molecular weight is 354 g/mol. The number of esters is 1. The number of hydrogen-bond acceptors (Lipinski definition) is 6. The van der Waals surface area contributed by atoms with E-state index in [2.05, 4.69) is 15.3 Å². The lowest BCUT2D eigenvalue weighted by atomic mass is 9.97. The van der Waals surface area contributed by atoms with Crippen molar-refractivity contribution < 1.29 is 14.3 Å². The third-order valence-electron chi connectivity index (χ3n) is 4.26. The van der Waals surface area contributed by atoms with Crippen molar-refractivity contribution in [3.63, 3.8) is 0 Å². The van der Waals surface area contributed by atoms with Gasteiger partial charge in [-0.2, -0.15) is 0 Å². The number of carbonyl (C=O) groups is 2. The van der Waals surface area contributed by atoms with Crippen LogP contribution in [0.15, 0.2) is 42.7 Å². The maximum absolute atomic E-state index is 12.8. The molecule has 1 atom stereocenters. The van der Waals surface area contributed by atoms with E-state index in [1.165, 1.54) is 0 Å². The Labute approximate surface area is 152 Å². The second-order valence-corrected chi connectivity index (χ2v) is 6.12. The Morgan fingerprint density at radius 2 is 2.08 bits per heavy atom. The molecular weight excluding hydrogens is 332 g/mol. The molecular formula is C19H22N4O3. The maximum atomic E-state index is 12.8. The van der Waals surface area contributed by atoms with E-state index in [4.69, 9.17) is 4.74 Å². The number of anilines is 2. The van der Waals surface area contributed by atoms with E-state index in [1.54, 1.807) is 42.4 Å². The van der Waals surface area contributed by atoms with Gasteiger partial charge in [0.15, 0.2) is 0 Å². The molecule has 1 N–H and O–H groups in total. The van der Waals surface area contributed by atoms with Gasteiger partial charge in [-0.3, -0.25) is 9.59 Å². The van der Waals surface area contributed by atoms with Gasteiger partial charge in [0.05, 0.1) is 12.5 Å². The lowest BCUT2D eigenvalue weighted by Gasteiger charge is -2.31. The number of nitrogens with one attached hydrogen (secondary N) is 1. The van der Waals surface area contributed by atoms with Gasteiger partial charge in [0.2, 0.25) is 5.95 Å². The molecule has 1 aromatic heterocycles. The van der Waals surface area contributed by atoms with Crippen LogP contribution in [0.4, 0.5) is 11.6 Å². The molecule has 0 spiro atoms. The standard InChI is InChI=1S/C19H22N4O3/c1-2-26-18(25)15-7-4-11-23(13-15)17(24)14-6-3-8-16(12-14)22-19-20-9-5-10-21-19/h3,5-6,8-10,12,15H,2,4,7,11,13H2,1H3,(H,20,21,22)/t15-/m0/s1. The fraction of sp³-hybridized carbons (Fsp3) is 0.368. The first-order valence-electron chi connectivity index (χ1n) is 8.77. The third-order valence-corrected chi connectivity index (χ3v) is 4.26. The molecule has 1 aromatic carbocycles. The Kier molecular flexibility index (Phi) is 5.78. The first-order valence-corrected chi connectivity index (χ1v) is 8.77. The van der Waals surface area contributed by atoms with E-state index in [1.807, 2.05) is 12.1 Å². The minimum Gasteiger partial charge on any atom is -0.466 e. The molecule has 0 unspecified atom stereocenters. The zero-order valence-corrected chi connectivity index (χ0v) is 14.7. The average Bonchev–Trinajstić information content (AvgIpc) is 2.69. The number of carbonyl (C=O) groups excluding carboxylic acids is 2. The summed E-state index contributed by atoms with van der Waals surface area (Å²) in [6.45, 7) is 3.20. The summed E-state index contributed by atoms with van der Waals surface area (Å²) in [6.07, 6.45) is 4.85. The molecule has 0 saturated carbocycles. The number of aromatic nitrogens is 2. The minimum absolute atomic E-state index is 0.0865. The summed E-state index contributed by atoms with van der Waals surface area (Å²) in [5.74, 6) is -0.0811. The SMILES string of the molecule is CCOC(=O)[C@H]1CCCN(C(=O)c2cccc(Nc3ncccn3)c2)C1. The van der Waals surface area contributed by atoms with Gasteiger partial charge in [-0.25, -0.2) is 9.97 Å². The van der Waals surface area contributed by atoms with E-state index in [9.17, 15) is 9.59 Å². The van der Waals surface area contributed by atoms with Crippen LogP contribution in [0.25, 0.3) is 0 Å². The van der Waals surface area contributed by atoms with Gasteiger partial charge in [-0.05, 0) is 44.0 Å². The second-order valence-electron chi connectivity index (χ2n) is 6.12. The number of rotatable bonds is 5. The molecule has 7 nitrogen and oxygen atoms in total. The molecule has 0 radical (unpaired) electrons. The second kappa shape index (κ2) is 8.42. The zero-order valence-electron chi connectivity index (χ0n) is 14.7. The molecule has 1 aliphatic rings. The molecule has 3 rings (SSSR count). The van der Waals surface area contributed by atoms with Crippen molar-refractivity contribution in [2.24, 2.45) is 5.92 Å². The number of amides is 1. The highest BCUT2D eigenvalue weighted by Crippen LogP contribution is 2.21. The molecule has 26 heavy (non-hydrogen) atoms. The minimum atomic E-state index is -0.244. The van der Waals surface area contributed by atoms with Gasteiger partial charge in [-0.15, -0.1) is 0 Å². The normalized spacial score (nSPS) is 16.8. The van der Waals surface area contributed by atoms with Crippen LogP contribution in [0.1, 0.15) is 30.1 Å². The summed E-state index contributed by atoms with van der Waals surface area (Å²) in [5.41, 5.74) is 1.30. The molecule has 0 aliphatic carbocycles. The van der Waals surface area contributed by atoms with Crippen molar-refractivity contribution in [1.29, 1.82) is 0 Å². The number of hydrogen-bond donors (Lipinski definition) is 1. The van der Waals surface area contributed by atoms with Gasteiger partial charge in [0.25, 0.3) is 5.91 Å². The van der Waals surface area contributed by atoms with Crippen molar-refractivity contribution in [3.8, 4) is 0 Å². The summed E-state index contributed by atoms with van der Waals surface area (Å²) in [5, 5.41) is 3.08. The Hall–Kier alpha value is -2.96. The van der Waals surface area contributed by atoms with E-state index < -0.39 is 0 Å². The molecule has 136 valence electrons. The topological polar surface area (TPSA) is 84.4 Å². The van der Waals surface area contributed by atoms with Crippen molar-refractivity contribution >= 4 is 23.5 Å². The van der Waals surface area contributed by atoms with Crippen LogP contribution in [0.2, 0.25) is 0 Å². The molecule has 1 fully saturated rings. The van der Waals surface area contributed by atoms with E-state index >= 15 is 0 Å². The predicted octanol–water partition coefficient (Wildman–Crippen LogP) is 2.64. The Morgan fingerprint density at radius 1 is 1.27 bits per heavy atom. The van der Waals surface area contributed by atoms with Gasteiger partial charge in [0, 0.05) is 36.7 Å². The van der Waals surface area contributed by atoms with E-state index in [0.717, 1.165) is 18.5 Å². The first-order chi connectivity index (χ1) is 12.7. The van der Waals surface area contributed by atoms with Crippen LogP contribution in [0.5, 0.6) is 0 Å². The summed E-state index contributed by atoms with van der Waals surface area (Å²) in [4.78, 5) is 34.8. The van der Waals surface area contributed by atoms with Crippen LogP contribution >= 0.6 is 0 Å². The van der Waals surface area contributed by atoms with Crippen molar-refractivity contribution in [3.05, 3.63) is 48.3 Å². The summed E-state index contributed by atoms with van der Waals surface area (Å²) in [7, 11) is 0. The molecule has 2 aromatic rings. The molecule has 0 bridgehead atoms. The Morgan fingerprint density at radius 3 is 2.85 bits per heavy atom. The maximum Gasteiger partial charge on any atom is 0.310 e. The lowest BCUT2D eigenvalue weighted by Crippen LogP contribution is -2.42. The van der Waals surface area contributed by atoms with Crippen LogP contribution < -0.4 is 5.32 Å². The van der Waals surface area contributed by atoms with Crippen LogP contribution in [0, 0.1) is 5.92 Å². The fourth-order valence-corrected chi connectivity index (χ4v) is 3.02. The molecule has 1 amide bonds. The van der Waals surface area contributed by atoms with Crippen molar-refractivity contribution in [2.75, 3.05) is 25.0 Å². The highest BCUT2D eigenvalue weighted by Gasteiger charge is 2.29. The molecule has 1 aliphatic heterocycles. The number of benzene rings is 1. The fourth-order valence-electron chi connectivity index (χ4n) is 3.02. The number of likely N-dealkylation sites (tertiary alicyclic amines) is 1. The molecule has 7 heteroatoms. The van der Waals surface area contributed by atoms with Gasteiger partial charge < -0.3 is 15.0 Å². The van der Waals surface area contributed by atoms with E-state index in [0.29, 0.717) is 31.2 Å². The highest BCUT2D eigenvalue weighted by atomic mass is 16.5. The number of ether oxygens (including phenoxy) is 1. The van der Waals surface area contributed by atoms with Crippen LogP contribution in [-0.2, 0) is 9.53 Å². The largest absolute Gasteiger partial charge is 0.466 e. The van der Waals surface area contributed by atoms with E-state index in [-0.39, 0.29) is 17.8 Å². The van der Waals surface area contributed by atoms with Gasteiger partial charge in [-0.1, -0.05) is 6.07 Å². The molecule has 2 heterocycles. The third kappa shape index (κ3) is 4.36. The lowest BCUT2D eigenvalue weighted by molar-refractivity contribution is -0.149. The first kappa shape index (κ1) is 17.8. The van der Waals surface area contributed by atoms with Crippen molar-refractivity contribution in [1.82, 2.24) is 14.9 Å². The predicted molar refractivity (Wildman–Crippen MR) is 97.0 cm³/mol. The smallest absolute Gasteiger partial charge is 0.310 e. The highest BCUT2D eigenvalue weighted by molar-refractivity contribution is 5.95. The summed E-state index contributed by atoms with van der Waals surface area (Å²) >= 11 is 0. The van der Waals surface area contributed by atoms with Crippen molar-refractivity contribution in [2.45, 2.75) is 19.8 Å². The Bertz CT molecular complexity index is 766. The van der Waals surface area contributed by atoms with Crippen LogP contribution in [0.3, 0.4) is 0 Å². The number of nitrogens with zero attached hydrogens (tertiary/aromatic N) is 3. The van der Waals surface area contributed by atoms with Gasteiger partial charge >= 0.3 is 5.97 Å². The summed E-state index contributed by atoms with van der Waals surface area (Å²) < 4.78 is 5.10. The van der Waals surface area contributed by atoms with Gasteiger partial charge in [0.1, 0.15) is 0 Å². The van der Waals surface area contributed by atoms with Crippen LogP contribution in [-0.4, -0.2) is 46.4 Å². The monoisotopic (exact) mass is 354 g/mol. The quantitative estimate of drug-likeness (QED) is 0.831. The Balaban J connectivity index is 1.69. The molecule has 1 saturated heterocycles.